The molecule has 1 atom stereocenters. The molecule has 1 fully saturated rings. The molecule has 0 bridgehead atoms. The summed E-state index contributed by atoms with van der Waals surface area (Å²) >= 11 is 0. The van der Waals surface area contributed by atoms with Crippen molar-refractivity contribution in [3.8, 4) is 11.3 Å². The van der Waals surface area contributed by atoms with Crippen molar-refractivity contribution < 1.29 is 0 Å². The molecule has 7 heteroatoms. The average Bonchev–Trinajstić information content (AvgIpc) is 3.31. The van der Waals surface area contributed by atoms with Gasteiger partial charge in [-0.05, 0) is 50.1 Å². The highest BCUT2D eigenvalue weighted by molar-refractivity contribution is 5.56. The van der Waals surface area contributed by atoms with Gasteiger partial charge < -0.3 is 0 Å². The summed E-state index contributed by atoms with van der Waals surface area (Å²) in [6.07, 6.45) is 9.67. The number of pyridine rings is 1. The molecule has 1 aliphatic heterocycles. The predicted octanol–water partition coefficient (Wildman–Crippen LogP) is 1.97. The summed E-state index contributed by atoms with van der Waals surface area (Å²) in [7, 11) is 0. The van der Waals surface area contributed by atoms with Gasteiger partial charge in [0.1, 0.15) is 0 Å². The lowest BCUT2D eigenvalue weighted by Crippen LogP contribution is -2.38. The maximum absolute atomic E-state index is 12.3. The van der Waals surface area contributed by atoms with E-state index in [1.807, 2.05) is 23.0 Å². The lowest BCUT2D eigenvalue weighted by Gasteiger charge is -2.24. The highest BCUT2D eigenvalue weighted by atomic mass is 16.1. The fraction of sp³-hybridized carbons (Fsp3) is 0.400. The molecule has 1 unspecified atom stereocenters. The van der Waals surface area contributed by atoms with Gasteiger partial charge >= 0.3 is 0 Å². The third kappa shape index (κ3) is 4.14. The van der Waals surface area contributed by atoms with Crippen molar-refractivity contribution in [3.05, 3.63) is 65.0 Å². The Hall–Kier alpha value is -2.80. The fourth-order valence-corrected chi connectivity index (χ4v) is 3.67. The molecule has 0 amide bonds. The van der Waals surface area contributed by atoms with Crippen LogP contribution >= 0.6 is 0 Å². The second-order valence-corrected chi connectivity index (χ2v) is 7.09. The molecule has 0 aliphatic carbocycles. The minimum absolute atomic E-state index is 0.0534. The van der Waals surface area contributed by atoms with Gasteiger partial charge in [0.2, 0.25) is 0 Å². The van der Waals surface area contributed by atoms with Crippen LogP contribution in [-0.2, 0) is 13.1 Å². The number of aryl methyl sites for hydroxylation is 1. The normalized spacial score (nSPS) is 17.4. The van der Waals surface area contributed by atoms with Gasteiger partial charge in [-0.25, -0.2) is 4.68 Å². The van der Waals surface area contributed by atoms with Crippen molar-refractivity contribution >= 4 is 0 Å². The number of aromatic nitrogens is 5. The summed E-state index contributed by atoms with van der Waals surface area (Å²) in [5.74, 6) is 0. The molecule has 0 spiro atoms. The van der Waals surface area contributed by atoms with E-state index in [0.29, 0.717) is 12.6 Å². The smallest absolute Gasteiger partial charge is 0.266 e. The Morgan fingerprint density at radius 3 is 2.78 bits per heavy atom. The Morgan fingerprint density at radius 2 is 2.00 bits per heavy atom. The van der Waals surface area contributed by atoms with Crippen molar-refractivity contribution in [1.82, 2.24) is 29.4 Å². The van der Waals surface area contributed by atoms with Crippen molar-refractivity contribution in [2.75, 3.05) is 13.1 Å². The van der Waals surface area contributed by atoms with Crippen LogP contribution < -0.4 is 5.56 Å². The van der Waals surface area contributed by atoms with Gasteiger partial charge in [-0.15, -0.1) is 0 Å². The molecule has 7 nitrogen and oxygen atoms in total. The van der Waals surface area contributed by atoms with Crippen LogP contribution in [0.4, 0.5) is 0 Å². The van der Waals surface area contributed by atoms with E-state index >= 15 is 0 Å². The Bertz CT molecular complexity index is 948. The minimum Gasteiger partial charge on any atom is -0.297 e. The van der Waals surface area contributed by atoms with E-state index in [4.69, 9.17) is 0 Å². The van der Waals surface area contributed by atoms with Gasteiger partial charge in [0.15, 0.2) is 0 Å². The standard InChI is InChI=1S/C20H24N6O/c1-16-13-22-25(14-16)12-11-24-10-2-3-18(24)15-26-20(27)5-4-19(23-26)17-6-8-21-9-7-17/h4-9,13-14,18H,2-3,10-12,15H2,1H3. The molecule has 3 aromatic heterocycles. The summed E-state index contributed by atoms with van der Waals surface area (Å²) in [5, 5.41) is 8.96. The lowest BCUT2D eigenvalue weighted by atomic mass is 10.2. The van der Waals surface area contributed by atoms with Gasteiger partial charge in [-0.1, -0.05) is 0 Å². The Balaban J connectivity index is 1.46. The van der Waals surface area contributed by atoms with Crippen molar-refractivity contribution in [1.29, 1.82) is 0 Å². The number of likely N-dealkylation sites (tertiary alicyclic amines) is 1. The first-order chi connectivity index (χ1) is 13.2. The lowest BCUT2D eigenvalue weighted by molar-refractivity contribution is 0.214. The van der Waals surface area contributed by atoms with Gasteiger partial charge in [0.05, 0.1) is 25.0 Å². The zero-order valence-electron chi connectivity index (χ0n) is 15.5. The Kier molecular flexibility index (Phi) is 5.11. The van der Waals surface area contributed by atoms with Gasteiger partial charge in [0, 0.05) is 42.8 Å². The zero-order chi connectivity index (χ0) is 18.6. The number of hydrogen-bond acceptors (Lipinski definition) is 5. The van der Waals surface area contributed by atoms with E-state index in [1.54, 1.807) is 29.2 Å². The maximum atomic E-state index is 12.3. The number of hydrogen-bond donors (Lipinski definition) is 0. The Labute approximate surface area is 158 Å². The van der Waals surface area contributed by atoms with Gasteiger partial charge in [-0.2, -0.15) is 10.2 Å². The summed E-state index contributed by atoms with van der Waals surface area (Å²) in [6, 6.07) is 7.53. The molecule has 4 rings (SSSR count). The molecule has 0 saturated carbocycles. The Morgan fingerprint density at radius 1 is 1.15 bits per heavy atom. The third-order valence-electron chi connectivity index (χ3n) is 5.10. The van der Waals surface area contributed by atoms with E-state index < -0.39 is 0 Å². The molecule has 0 aromatic carbocycles. The van der Waals surface area contributed by atoms with Crippen LogP contribution in [0, 0.1) is 6.92 Å². The molecule has 4 heterocycles. The quantitative estimate of drug-likeness (QED) is 0.669. The summed E-state index contributed by atoms with van der Waals surface area (Å²) in [4.78, 5) is 18.8. The molecular weight excluding hydrogens is 340 g/mol. The fourth-order valence-electron chi connectivity index (χ4n) is 3.67. The summed E-state index contributed by atoms with van der Waals surface area (Å²) in [5.41, 5.74) is 2.89. The molecule has 3 aromatic rings. The van der Waals surface area contributed by atoms with Crippen molar-refractivity contribution in [2.24, 2.45) is 0 Å². The van der Waals surface area contributed by atoms with E-state index in [1.165, 1.54) is 5.56 Å². The van der Waals surface area contributed by atoms with Gasteiger partial charge in [-0.3, -0.25) is 19.4 Å². The maximum Gasteiger partial charge on any atom is 0.266 e. The van der Waals surface area contributed by atoms with Crippen LogP contribution in [0.15, 0.2) is 53.8 Å². The SMILES string of the molecule is Cc1cnn(CCN2CCCC2Cn2nc(-c3ccncc3)ccc2=O)c1. The van der Waals surface area contributed by atoms with Crippen LogP contribution in [0.1, 0.15) is 18.4 Å². The van der Waals surface area contributed by atoms with Gasteiger partial charge in [0.25, 0.3) is 5.56 Å². The molecule has 0 radical (unpaired) electrons. The van der Waals surface area contributed by atoms with Crippen LogP contribution in [-0.4, -0.2) is 48.6 Å². The van der Waals surface area contributed by atoms with Crippen LogP contribution in [0.5, 0.6) is 0 Å². The highest BCUT2D eigenvalue weighted by Crippen LogP contribution is 2.19. The topological polar surface area (TPSA) is 68.8 Å². The van der Waals surface area contributed by atoms with E-state index in [0.717, 1.165) is 43.7 Å². The van der Waals surface area contributed by atoms with Crippen molar-refractivity contribution in [3.63, 3.8) is 0 Å². The van der Waals surface area contributed by atoms with Crippen LogP contribution in [0.25, 0.3) is 11.3 Å². The molecule has 1 saturated heterocycles. The molecule has 0 N–H and O–H groups in total. The summed E-state index contributed by atoms with van der Waals surface area (Å²) in [6.45, 7) is 5.53. The van der Waals surface area contributed by atoms with E-state index in [2.05, 4.69) is 33.2 Å². The second-order valence-electron chi connectivity index (χ2n) is 7.09. The predicted molar refractivity (Wildman–Crippen MR) is 103 cm³/mol. The average molecular weight is 364 g/mol. The van der Waals surface area contributed by atoms with Crippen LogP contribution in [0.3, 0.4) is 0 Å². The molecule has 1 aliphatic rings. The molecular formula is C20H24N6O. The number of nitrogens with zero attached hydrogens (tertiary/aromatic N) is 6. The summed E-state index contributed by atoms with van der Waals surface area (Å²) < 4.78 is 3.59. The third-order valence-corrected chi connectivity index (χ3v) is 5.10. The molecule has 140 valence electrons. The monoisotopic (exact) mass is 364 g/mol. The second kappa shape index (κ2) is 7.84. The number of rotatable bonds is 6. The molecule has 27 heavy (non-hydrogen) atoms. The first-order valence-electron chi connectivity index (χ1n) is 9.41. The highest BCUT2D eigenvalue weighted by Gasteiger charge is 2.25. The minimum atomic E-state index is -0.0534. The van der Waals surface area contributed by atoms with Crippen molar-refractivity contribution in [2.45, 2.75) is 38.9 Å². The first-order valence-corrected chi connectivity index (χ1v) is 9.41. The zero-order valence-corrected chi connectivity index (χ0v) is 15.5. The van der Waals surface area contributed by atoms with E-state index in [9.17, 15) is 4.79 Å². The first kappa shape index (κ1) is 17.6. The van der Waals surface area contributed by atoms with E-state index in [-0.39, 0.29) is 5.56 Å². The largest absolute Gasteiger partial charge is 0.297 e. The van der Waals surface area contributed by atoms with Crippen LogP contribution in [0.2, 0.25) is 0 Å².